The standard InChI is InChI=1S/C21H30N2O/c1-18(2)23(19(3)4)17-24-22(15-20-11-7-5-8-12-20)16-21-13-9-6-10-14-21/h5-14,18-19H,15-17H2,1-4H3. The van der Waals surface area contributed by atoms with Crippen molar-refractivity contribution >= 4 is 0 Å². The Hall–Kier alpha value is -1.68. The first-order valence-electron chi connectivity index (χ1n) is 8.77. The lowest BCUT2D eigenvalue weighted by Crippen LogP contribution is -2.41. The Balaban J connectivity index is 2.04. The second-order valence-corrected chi connectivity index (χ2v) is 6.73. The van der Waals surface area contributed by atoms with Crippen LogP contribution in [0.25, 0.3) is 0 Å². The highest BCUT2D eigenvalue weighted by Crippen LogP contribution is 2.13. The molecule has 0 bridgehead atoms. The van der Waals surface area contributed by atoms with Gasteiger partial charge in [-0.25, -0.2) is 0 Å². The van der Waals surface area contributed by atoms with Crippen molar-refractivity contribution in [3.8, 4) is 0 Å². The highest BCUT2D eigenvalue weighted by atomic mass is 16.7. The van der Waals surface area contributed by atoms with E-state index in [9.17, 15) is 0 Å². The quantitative estimate of drug-likeness (QED) is 0.491. The molecule has 0 aliphatic heterocycles. The van der Waals surface area contributed by atoms with E-state index in [0.29, 0.717) is 18.8 Å². The van der Waals surface area contributed by atoms with E-state index in [2.05, 4.69) is 86.2 Å². The van der Waals surface area contributed by atoms with Crippen LogP contribution in [0.5, 0.6) is 0 Å². The van der Waals surface area contributed by atoms with Gasteiger partial charge in [-0.1, -0.05) is 60.7 Å². The molecule has 0 aromatic heterocycles. The smallest absolute Gasteiger partial charge is 0.122 e. The van der Waals surface area contributed by atoms with E-state index >= 15 is 0 Å². The van der Waals surface area contributed by atoms with E-state index < -0.39 is 0 Å². The molecule has 0 amide bonds. The zero-order valence-electron chi connectivity index (χ0n) is 15.4. The van der Waals surface area contributed by atoms with Crippen molar-refractivity contribution in [3.63, 3.8) is 0 Å². The average molecular weight is 326 g/mol. The van der Waals surface area contributed by atoms with Gasteiger partial charge in [0.05, 0.1) is 0 Å². The van der Waals surface area contributed by atoms with Crippen molar-refractivity contribution in [2.75, 3.05) is 6.73 Å². The summed E-state index contributed by atoms with van der Waals surface area (Å²) in [5.41, 5.74) is 2.52. The third-order valence-electron chi connectivity index (χ3n) is 4.12. The molecule has 2 rings (SSSR count). The molecule has 3 nitrogen and oxygen atoms in total. The Morgan fingerprint density at radius 2 is 1.12 bits per heavy atom. The number of rotatable bonds is 9. The molecule has 2 aromatic rings. The van der Waals surface area contributed by atoms with Crippen LogP contribution in [0.4, 0.5) is 0 Å². The minimum Gasteiger partial charge on any atom is -0.283 e. The van der Waals surface area contributed by atoms with Gasteiger partial charge >= 0.3 is 0 Å². The summed E-state index contributed by atoms with van der Waals surface area (Å²) in [6.45, 7) is 11.0. The van der Waals surface area contributed by atoms with Crippen LogP contribution in [0.2, 0.25) is 0 Å². The second kappa shape index (κ2) is 9.58. The third kappa shape index (κ3) is 6.08. The molecule has 0 fully saturated rings. The summed E-state index contributed by atoms with van der Waals surface area (Å²) in [6, 6.07) is 21.9. The van der Waals surface area contributed by atoms with E-state index in [4.69, 9.17) is 4.84 Å². The third-order valence-corrected chi connectivity index (χ3v) is 4.12. The van der Waals surface area contributed by atoms with Gasteiger partial charge < -0.3 is 0 Å². The van der Waals surface area contributed by atoms with Gasteiger partial charge in [0, 0.05) is 25.2 Å². The number of hydrogen-bond donors (Lipinski definition) is 0. The topological polar surface area (TPSA) is 15.7 Å². The van der Waals surface area contributed by atoms with Crippen molar-refractivity contribution < 1.29 is 4.84 Å². The Morgan fingerprint density at radius 3 is 1.50 bits per heavy atom. The first-order valence-corrected chi connectivity index (χ1v) is 8.77. The minimum atomic E-state index is 0.459. The Kier molecular flexibility index (Phi) is 7.44. The Bertz CT molecular complexity index is 519. The van der Waals surface area contributed by atoms with Crippen LogP contribution in [0, 0.1) is 0 Å². The summed E-state index contributed by atoms with van der Waals surface area (Å²) in [5.74, 6) is 0. The average Bonchev–Trinajstić information content (AvgIpc) is 2.56. The second-order valence-electron chi connectivity index (χ2n) is 6.73. The molecule has 0 saturated heterocycles. The van der Waals surface area contributed by atoms with Gasteiger partial charge in [0.1, 0.15) is 6.73 Å². The maximum absolute atomic E-state index is 6.19. The Labute approximate surface area is 146 Å². The molecule has 0 spiro atoms. The van der Waals surface area contributed by atoms with Gasteiger partial charge in [0.2, 0.25) is 0 Å². The molecule has 0 radical (unpaired) electrons. The predicted octanol–water partition coefficient (Wildman–Crippen LogP) is 4.70. The van der Waals surface area contributed by atoms with Crippen molar-refractivity contribution in [1.82, 2.24) is 9.96 Å². The molecular formula is C21H30N2O. The molecule has 0 unspecified atom stereocenters. The molecule has 0 atom stereocenters. The lowest BCUT2D eigenvalue weighted by molar-refractivity contribution is -0.212. The first-order chi connectivity index (χ1) is 11.6. The van der Waals surface area contributed by atoms with Crippen molar-refractivity contribution in [2.45, 2.75) is 52.9 Å². The van der Waals surface area contributed by atoms with Crippen molar-refractivity contribution in [3.05, 3.63) is 71.8 Å². The van der Waals surface area contributed by atoms with Crippen LogP contribution in [0.1, 0.15) is 38.8 Å². The fraction of sp³-hybridized carbons (Fsp3) is 0.429. The first kappa shape index (κ1) is 18.7. The van der Waals surface area contributed by atoms with Crippen LogP contribution in [-0.4, -0.2) is 28.8 Å². The molecule has 24 heavy (non-hydrogen) atoms. The fourth-order valence-electron chi connectivity index (χ4n) is 2.76. The molecule has 3 heteroatoms. The summed E-state index contributed by atoms with van der Waals surface area (Å²) in [4.78, 5) is 8.54. The molecule has 0 saturated carbocycles. The lowest BCUT2D eigenvalue weighted by atomic mass is 10.2. The molecular weight excluding hydrogens is 296 g/mol. The summed E-state index contributed by atoms with van der Waals surface area (Å²) in [5, 5.41) is 2.06. The van der Waals surface area contributed by atoms with Gasteiger partial charge in [0.25, 0.3) is 0 Å². The van der Waals surface area contributed by atoms with E-state index in [0.717, 1.165) is 13.1 Å². The summed E-state index contributed by atoms with van der Waals surface area (Å²) in [7, 11) is 0. The summed E-state index contributed by atoms with van der Waals surface area (Å²) in [6.07, 6.45) is 0. The van der Waals surface area contributed by atoms with Crippen LogP contribution < -0.4 is 0 Å². The number of benzene rings is 2. The minimum absolute atomic E-state index is 0.459. The normalized spacial score (nSPS) is 11.8. The number of hydroxylamine groups is 2. The lowest BCUT2D eigenvalue weighted by Gasteiger charge is -2.32. The Morgan fingerprint density at radius 1 is 0.708 bits per heavy atom. The molecule has 0 heterocycles. The predicted molar refractivity (Wildman–Crippen MR) is 100 cm³/mol. The maximum Gasteiger partial charge on any atom is 0.122 e. The summed E-state index contributed by atoms with van der Waals surface area (Å²) >= 11 is 0. The molecule has 130 valence electrons. The largest absolute Gasteiger partial charge is 0.283 e. The molecule has 2 aromatic carbocycles. The SMILES string of the molecule is CC(C)N(CON(Cc1ccccc1)Cc1ccccc1)C(C)C. The van der Waals surface area contributed by atoms with E-state index in [1.54, 1.807) is 0 Å². The van der Waals surface area contributed by atoms with Gasteiger partial charge in [0.15, 0.2) is 0 Å². The zero-order chi connectivity index (χ0) is 17.4. The van der Waals surface area contributed by atoms with Crippen molar-refractivity contribution in [1.29, 1.82) is 0 Å². The van der Waals surface area contributed by atoms with E-state index in [1.807, 2.05) is 12.1 Å². The van der Waals surface area contributed by atoms with Crippen molar-refractivity contribution in [2.24, 2.45) is 0 Å². The molecule has 0 aliphatic carbocycles. The highest BCUT2D eigenvalue weighted by Gasteiger charge is 2.16. The molecule has 0 aliphatic rings. The molecule has 0 N–H and O–H groups in total. The highest BCUT2D eigenvalue weighted by molar-refractivity contribution is 5.16. The van der Waals surface area contributed by atoms with Crippen LogP contribution >= 0.6 is 0 Å². The van der Waals surface area contributed by atoms with Crippen LogP contribution in [-0.2, 0) is 17.9 Å². The van der Waals surface area contributed by atoms with Gasteiger partial charge in [-0.05, 0) is 38.8 Å². The van der Waals surface area contributed by atoms with Gasteiger partial charge in [-0.3, -0.25) is 9.74 Å². The van der Waals surface area contributed by atoms with Gasteiger partial charge in [-0.15, -0.1) is 0 Å². The van der Waals surface area contributed by atoms with Gasteiger partial charge in [-0.2, -0.15) is 5.06 Å². The summed E-state index contributed by atoms with van der Waals surface area (Å²) < 4.78 is 0. The van der Waals surface area contributed by atoms with E-state index in [1.165, 1.54) is 11.1 Å². The monoisotopic (exact) mass is 326 g/mol. The van der Waals surface area contributed by atoms with Crippen LogP contribution in [0.15, 0.2) is 60.7 Å². The van der Waals surface area contributed by atoms with Crippen LogP contribution in [0.3, 0.4) is 0 Å². The van der Waals surface area contributed by atoms with E-state index in [-0.39, 0.29) is 0 Å². The fourth-order valence-corrected chi connectivity index (χ4v) is 2.76. The maximum atomic E-state index is 6.19. The number of nitrogens with zero attached hydrogens (tertiary/aromatic N) is 2. The zero-order valence-corrected chi connectivity index (χ0v) is 15.4. The number of hydrogen-bond acceptors (Lipinski definition) is 3.